The van der Waals surface area contributed by atoms with Crippen molar-refractivity contribution in [3.63, 3.8) is 0 Å². The Morgan fingerprint density at radius 3 is 2.91 bits per heavy atom. The van der Waals surface area contributed by atoms with E-state index in [4.69, 9.17) is 14.2 Å². The monoisotopic (exact) mass is 301 g/mol. The molecule has 0 aromatic heterocycles. The van der Waals surface area contributed by atoms with Crippen molar-refractivity contribution in [3.8, 4) is 11.5 Å². The predicted octanol–water partition coefficient (Wildman–Crippen LogP) is 1.40. The summed E-state index contributed by atoms with van der Waals surface area (Å²) >= 11 is 0. The predicted molar refractivity (Wildman–Crippen MR) is 79.0 cm³/mol. The van der Waals surface area contributed by atoms with Crippen LogP contribution < -0.4 is 9.47 Å². The minimum Gasteiger partial charge on any atom is -0.454 e. The van der Waals surface area contributed by atoms with Crippen molar-refractivity contribution in [3.05, 3.63) is 34.9 Å². The highest BCUT2D eigenvalue weighted by Crippen LogP contribution is 2.49. The first kappa shape index (κ1) is 12.9. The van der Waals surface area contributed by atoms with Gasteiger partial charge in [-0.05, 0) is 35.3 Å². The van der Waals surface area contributed by atoms with E-state index in [1.54, 1.807) is 7.11 Å². The highest BCUT2D eigenvalue weighted by atomic mass is 16.7. The third kappa shape index (κ3) is 1.64. The lowest BCUT2D eigenvalue weighted by molar-refractivity contribution is -0.00476. The van der Waals surface area contributed by atoms with E-state index in [9.17, 15) is 5.11 Å². The molecule has 2 bridgehead atoms. The molecule has 3 heterocycles. The molecule has 4 aliphatic rings. The quantitative estimate of drug-likeness (QED) is 0.795. The third-order valence-electron chi connectivity index (χ3n) is 5.50. The summed E-state index contributed by atoms with van der Waals surface area (Å²) in [7, 11) is 1.67. The van der Waals surface area contributed by atoms with Crippen molar-refractivity contribution in [2.45, 2.75) is 37.1 Å². The van der Waals surface area contributed by atoms with E-state index in [0.717, 1.165) is 31.0 Å². The molecule has 5 heteroatoms. The largest absolute Gasteiger partial charge is 0.454 e. The Hall–Kier alpha value is -1.56. The fraction of sp³-hybridized carbons (Fsp3) is 0.529. The Kier molecular flexibility index (Phi) is 2.63. The second kappa shape index (κ2) is 4.47. The molecule has 5 nitrogen and oxygen atoms in total. The maximum atomic E-state index is 10.3. The number of hydrogen-bond acceptors (Lipinski definition) is 5. The van der Waals surface area contributed by atoms with Crippen LogP contribution in [0.25, 0.3) is 0 Å². The zero-order valence-corrected chi connectivity index (χ0v) is 12.5. The van der Waals surface area contributed by atoms with Gasteiger partial charge in [0.15, 0.2) is 11.5 Å². The molecule has 1 aromatic carbocycles. The van der Waals surface area contributed by atoms with E-state index in [2.05, 4.69) is 23.1 Å². The molecule has 1 fully saturated rings. The number of ether oxygens (including phenoxy) is 3. The molecule has 1 unspecified atom stereocenters. The summed E-state index contributed by atoms with van der Waals surface area (Å²) < 4.78 is 16.5. The van der Waals surface area contributed by atoms with Gasteiger partial charge in [-0.15, -0.1) is 0 Å². The van der Waals surface area contributed by atoms with E-state index in [1.165, 1.54) is 16.7 Å². The average Bonchev–Trinajstić information content (AvgIpc) is 3.08. The van der Waals surface area contributed by atoms with Gasteiger partial charge in [0.25, 0.3) is 0 Å². The van der Waals surface area contributed by atoms with Gasteiger partial charge in [-0.25, -0.2) is 0 Å². The number of aliphatic hydroxyl groups is 1. The smallest absolute Gasteiger partial charge is 0.231 e. The van der Waals surface area contributed by atoms with Crippen LogP contribution in [0, 0.1) is 0 Å². The lowest BCUT2D eigenvalue weighted by Gasteiger charge is -2.32. The minimum atomic E-state index is -0.419. The molecule has 5 rings (SSSR count). The van der Waals surface area contributed by atoms with Crippen molar-refractivity contribution in [1.29, 1.82) is 0 Å². The molecule has 1 aromatic rings. The zero-order chi connectivity index (χ0) is 14.8. The van der Waals surface area contributed by atoms with E-state index in [1.807, 2.05) is 0 Å². The molecule has 0 amide bonds. The van der Waals surface area contributed by atoms with Gasteiger partial charge in [0, 0.05) is 32.2 Å². The second-order valence-electron chi connectivity index (χ2n) is 6.57. The van der Waals surface area contributed by atoms with Gasteiger partial charge >= 0.3 is 0 Å². The Morgan fingerprint density at radius 2 is 2.09 bits per heavy atom. The standard InChI is InChI=1S/C17H19NO4/c1-20-15-4-11-12-7-18(13(11)5-14(15)19)6-9-2-16-17(3-10(9)12)22-8-21-16/h2-4,12-15,19H,5-8H2,1H3/t12-,13-,14-,15+/m1/s1. The van der Waals surface area contributed by atoms with Crippen LogP contribution in [0.4, 0.5) is 0 Å². The molecule has 116 valence electrons. The van der Waals surface area contributed by atoms with Crippen molar-refractivity contribution in [1.82, 2.24) is 4.90 Å². The van der Waals surface area contributed by atoms with E-state index < -0.39 is 6.10 Å². The van der Waals surface area contributed by atoms with Gasteiger partial charge in [0.1, 0.15) is 6.10 Å². The van der Waals surface area contributed by atoms with Crippen LogP contribution in [0.1, 0.15) is 23.5 Å². The van der Waals surface area contributed by atoms with Gasteiger partial charge in [-0.1, -0.05) is 6.08 Å². The first-order chi connectivity index (χ1) is 10.7. The molecule has 3 aliphatic heterocycles. The lowest BCUT2D eigenvalue weighted by atomic mass is 9.82. The molecular formula is C17H19NO4. The molecule has 0 radical (unpaired) electrons. The zero-order valence-electron chi connectivity index (χ0n) is 12.5. The molecule has 0 saturated carbocycles. The number of benzene rings is 1. The topological polar surface area (TPSA) is 51.2 Å². The van der Waals surface area contributed by atoms with Crippen LogP contribution in [-0.4, -0.2) is 48.7 Å². The normalized spacial score (nSPS) is 37.5. The van der Waals surface area contributed by atoms with E-state index in [0.29, 0.717) is 18.8 Å². The molecule has 5 atom stereocenters. The fourth-order valence-electron chi connectivity index (χ4n) is 4.44. The summed E-state index contributed by atoms with van der Waals surface area (Å²) in [6.45, 7) is 2.25. The Morgan fingerprint density at radius 1 is 1.27 bits per heavy atom. The molecule has 1 N–H and O–H groups in total. The van der Waals surface area contributed by atoms with Gasteiger partial charge in [0.2, 0.25) is 6.79 Å². The molecular weight excluding hydrogens is 282 g/mol. The van der Waals surface area contributed by atoms with Gasteiger partial charge < -0.3 is 19.3 Å². The second-order valence-corrected chi connectivity index (χ2v) is 6.57. The highest BCUT2D eigenvalue weighted by Gasteiger charge is 2.46. The van der Waals surface area contributed by atoms with Crippen LogP contribution in [0.3, 0.4) is 0 Å². The number of rotatable bonds is 1. The first-order valence-corrected chi connectivity index (χ1v) is 7.83. The maximum Gasteiger partial charge on any atom is 0.231 e. The summed E-state index contributed by atoms with van der Waals surface area (Å²) in [5, 5.41) is 10.3. The maximum absolute atomic E-state index is 10.3. The lowest BCUT2D eigenvalue weighted by Crippen LogP contribution is -2.40. The molecule has 22 heavy (non-hydrogen) atoms. The Labute approximate surface area is 129 Å². The van der Waals surface area contributed by atoms with Gasteiger partial charge in [-0.2, -0.15) is 0 Å². The Bertz CT molecular complexity index is 671. The SMILES string of the molecule is CO[C@H]1C=C2[C@@H](C[C@H]1O)N1Cc3cc4c(cc3[C@H]2C1)OCO4. The van der Waals surface area contributed by atoms with Crippen molar-refractivity contribution >= 4 is 0 Å². The summed E-state index contributed by atoms with van der Waals surface area (Å²) in [6, 6.07) is 4.60. The molecule has 1 aliphatic carbocycles. The molecule has 1 saturated heterocycles. The number of nitrogens with zero attached hydrogens (tertiary/aromatic N) is 1. The number of fused-ring (bicyclic) bond motifs is 8. The van der Waals surface area contributed by atoms with Crippen LogP contribution in [0.5, 0.6) is 11.5 Å². The Balaban J connectivity index is 1.61. The van der Waals surface area contributed by atoms with Crippen LogP contribution in [0.15, 0.2) is 23.8 Å². The van der Waals surface area contributed by atoms with Gasteiger partial charge in [-0.3, -0.25) is 4.90 Å². The van der Waals surface area contributed by atoms with E-state index >= 15 is 0 Å². The number of hydrogen-bond donors (Lipinski definition) is 1. The summed E-state index contributed by atoms with van der Waals surface area (Å²) in [5.74, 6) is 2.09. The number of methoxy groups -OCH3 is 1. The van der Waals surface area contributed by atoms with Crippen LogP contribution in [-0.2, 0) is 11.3 Å². The van der Waals surface area contributed by atoms with Crippen molar-refractivity contribution in [2.24, 2.45) is 0 Å². The van der Waals surface area contributed by atoms with Crippen molar-refractivity contribution in [2.75, 3.05) is 20.4 Å². The van der Waals surface area contributed by atoms with E-state index in [-0.39, 0.29) is 6.10 Å². The summed E-state index contributed by atoms with van der Waals surface area (Å²) in [4.78, 5) is 2.47. The minimum absolute atomic E-state index is 0.190. The molecule has 0 spiro atoms. The summed E-state index contributed by atoms with van der Waals surface area (Å²) in [6.07, 6.45) is 2.28. The number of aliphatic hydroxyl groups excluding tert-OH is 1. The summed E-state index contributed by atoms with van der Waals surface area (Å²) in [5.41, 5.74) is 4.06. The van der Waals surface area contributed by atoms with Crippen LogP contribution in [0.2, 0.25) is 0 Å². The van der Waals surface area contributed by atoms with Gasteiger partial charge in [0.05, 0.1) is 6.10 Å². The van der Waals surface area contributed by atoms with Crippen LogP contribution >= 0.6 is 0 Å². The average molecular weight is 301 g/mol. The highest BCUT2D eigenvalue weighted by molar-refractivity contribution is 5.54. The van der Waals surface area contributed by atoms with Crippen molar-refractivity contribution < 1.29 is 19.3 Å². The fourth-order valence-corrected chi connectivity index (χ4v) is 4.44. The first-order valence-electron chi connectivity index (χ1n) is 7.83. The third-order valence-corrected chi connectivity index (χ3v) is 5.50.